The van der Waals surface area contributed by atoms with Gasteiger partial charge in [0.15, 0.2) is 0 Å². The highest BCUT2D eigenvalue weighted by atomic mass is 16.1. The quantitative estimate of drug-likeness (QED) is 0.517. The van der Waals surface area contributed by atoms with Crippen LogP contribution in [0.1, 0.15) is 33.1 Å². The lowest BCUT2D eigenvalue weighted by Crippen LogP contribution is -2.34. The summed E-state index contributed by atoms with van der Waals surface area (Å²) in [5, 5.41) is 0. The Labute approximate surface area is 56.4 Å². The first-order valence-corrected chi connectivity index (χ1v) is 3.60. The van der Waals surface area contributed by atoms with Crippen LogP contribution in [0.2, 0.25) is 0 Å². The van der Waals surface area contributed by atoms with E-state index in [9.17, 15) is 4.79 Å². The molecule has 1 aliphatic rings. The molecule has 0 aromatic rings. The van der Waals surface area contributed by atoms with Crippen molar-refractivity contribution in [2.75, 3.05) is 0 Å². The molecule has 0 aromatic carbocycles. The molecule has 1 rings (SSSR count). The zero-order chi connectivity index (χ0) is 6.91. The molecule has 0 unspecified atom stereocenters. The molecule has 0 aliphatic heterocycles. The number of hydrogen-bond donors (Lipinski definition) is 0. The summed E-state index contributed by atoms with van der Waals surface area (Å²) in [5.74, 6) is 0.676. The molecule has 0 amide bonds. The number of carbonyl (C=O) groups is 1. The lowest BCUT2D eigenvalue weighted by atomic mass is 9.61. The molecular formula is C8H14O. The number of hydrogen-bond acceptors (Lipinski definition) is 1. The minimum absolute atomic E-state index is 0.459. The minimum atomic E-state index is 0.459. The van der Waals surface area contributed by atoms with Gasteiger partial charge in [-0.1, -0.05) is 13.8 Å². The smallest absolute Gasteiger partial charge is 0.120 e. The average molecular weight is 126 g/mol. The molecule has 0 aromatic heterocycles. The van der Waals surface area contributed by atoms with Crippen LogP contribution >= 0.6 is 0 Å². The van der Waals surface area contributed by atoms with E-state index < -0.39 is 0 Å². The summed E-state index contributed by atoms with van der Waals surface area (Å²) in [6, 6.07) is 0. The van der Waals surface area contributed by atoms with Crippen molar-refractivity contribution in [3.63, 3.8) is 0 Å². The molecule has 1 atom stereocenters. The lowest BCUT2D eigenvalue weighted by molar-refractivity contribution is -0.111. The number of carbonyl (C=O) groups excluding carboxylic acids is 1. The molecule has 1 fully saturated rings. The topological polar surface area (TPSA) is 17.1 Å². The highest BCUT2D eigenvalue weighted by molar-refractivity contribution is 5.50. The fraction of sp³-hybridized carbons (Fsp3) is 0.875. The summed E-state index contributed by atoms with van der Waals surface area (Å²) >= 11 is 0. The second-order valence-corrected chi connectivity index (χ2v) is 3.63. The normalized spacial score (nSPS) is 31.1. The summed E-state index contributed by atoms with van der Waals surface area (Å²) in [4.78, 5) is 10.1. The van der Waals surface area contributed by atoms with Crippen LogP contribution in [0.15, 0.2) is 0 Å². The van der Waals surface area contributed by atoms with E-state index in [4.69, 9.17) is 0 Å². The molecule has 0 N–H and O–H groups in total. The zero-order valence-electron chi connectivity index (χ0n) is 6.18. The van der Waals surface area contributed by atoms with Gasteiger partial charge in [-0.15, -0.1) is 0 Å². The Balaban J connectivity index is 2.36. The monoisotopic (exact) mass is 126 g/mol. The van der Waals surface area contributed by atoms with Crippen molar-refractivity contribution in [2.45, 2.75) is 33.1 Å². The van der Waals surface area contributed by atoms with Crippen molar-refractivity contribution in [1.29, 1.82) is 0 Å². The molecule has 1 saturated carbocycles. The summed E-state index contributed by atoms with van der Waals surface area (Å²) in [6.07, 6.45) is 4.37. The summed E-state index contributed by atoms with van der Waals surface area (Å²) in [6.45, 7) is 4.48. The van der Waals surface area contributed by atoms with Crippen LogP contribution in [0.25, 0.3) is 0 Å². The Hall–Kier alpha value is -0.330. The van der Waals surface area contributed by atoms with Gasteiger partial charge in [-0.05, 0) is 24.2 Å². The molecule has 1 nitrogen and oxygen atoms in total. The first-order valence-electron chi connectivity index (χ1n) is 3.60. The van der Waals surface area contributed by atoms with Gasteiger partial charge < -0.3 is 4.79 Å². The van der Waals surface area contributed by atoms with Gasteiger partial charge in [0.2, 0.25) is 0 Å². The van der Waals surface area contributed by atoms with Gasteiger partial charge in [0.1, 0.15) is 6.29 Å². The van der Waals surface area contributed by atoms with Crippen molar-refractivity contribution in [1.82, 2.24) is 0 Å². The second kappa shape index (κ2) is 2.13. The van der Waals surface area contributed by atoms with Crippen molar-refractivity contribution in [3.05, 3.63) is 0 Å². The molecule has 52 valence electrons. The highest BCUT2D eigenvalue weighted by Crippen LogP contribution is 2.47. The largest absolute Gasteiger partial charge is 0.303 e. The van der Waals surface area contributed by atoms with Crippen LogP contribution < -0.4 is 0 Å². The Morgan fingerprint density at radius 1 is 1.67 bits per heavy atom. The average Bonchev–Trinajstić information content (AvgIpc) is 1.81. The predicted octanol–water partition coefficient (Wildman–Crippen LogP) is 2.01. The Kier molecular flexibility index (Phi) is 1.60. The fourth-order valence-corrected chi connectivity index (χ4v) is 1.48. The SMILES string of the molecule is CC1(C)CC[C@H]1CC=O. The van der Waals surface area contributed by atoms with Gasteiger partial charge >= 0.3 is 0 Å². The first-order chi connectivity index (χ1) is 4.17. The number of rotatable bonds is 2. The maximum atomic E-state index is 10.1. The maximum Gasteiger partial charge on any atom is 0.120 e. The molecule has 0 bridgehead atoms. The minimum Gasteiger partial charge on any atom is -0.303 e. The molecule has 0 saturated heterocycles. The molecule has 1 aliphatic carbocycles. The van der Waals surface area contributed by atoms with Crippen LogP contribution in [0.3, 0.4) is 0 Å². The van der Waals surface area contributed by atoms with E-state index >= 15 is 0 Å². The number of aldehydes is 1. The van der Waals surface area contributed by atoms with Crippen molar-refractivity contribution in [2.24, 2.45) is 11.3 Å². The molecule has 0 spiro atoms. The fourth-order valence-electron chi connectivity index (χ4n) is 1.48. The first kappa shape index (κ1) is 6.79. The third-order valence-electron chi connectivity index (χ3n) is 2.62. The standard InChI is InChI=1S/C8H14O/c1-8(2)5-3-7(8)4-6-9/h6-7H,3-5H2,1-2H3/t7-/m0/s1. The van der Waals surface area contributed by atoms with Gasteiger partial charge in [-0.2, -0.15) is 0 Å². The van der Waals surface area contributed by atoms with Gasteiger partial charge in [-0.3, -0.25) is 0 Å². The predicted molar refractivity (Wildman–Crippen MR) is 37.2 cm³/mol. The van der Waals surface area contributed by atoms with E-state index in [2.05, 4.69) is 13.8 Å². The third-order valence-corrected chi connectivity index (χ3v) is 2.62. The third kappa shape index (κ3) is 1.15. The highest BCUT2D eigenvalue weighted by Gasteiger charge is 2.37. The summed E-state index contributed by atoms with van der Waals surface area (Å²) in [5.41, 5.74) is 0.459. The van der Waals surface area contributed by atoms with Gasteiger partial charge in [0.25, 0.3) is 0 Å². The molecule has 1 heteroatoms. The van der Waals surface area contributed by atoms with E-state index in [1.165, 1.54) is 12.8 Å². The van der Waals surface area contributed by atoms with Gasteiger partial charge in [-0.25, -0.2) is 0 Å². The van der Waals surface area contributed by atoms with Gasteiger partial charge in [0, 0.05) is 6.42 Å². The van der Waals surface area contributed by atoms with Crippen molar-refractivity contribution < 1.29 is 4.79 Å². The molecule has 9 heavy (non-hydrogen) atoms. The van der Waals surface area contributed by atoms with Crippen LogP contribution in [-0.4, -0.2) is 6.29 Å². The van der Waals surface area contributed by atoms with Crippen LogP contribution in [0.4, 0.5) is 0 Å². The molecule has 0 radical (unpaired) electrons. The molecular weight excluding hydrogens is 112 g/mol. The van der Waals surface area contributed by atoms with E-state index in [0.717, 1.165) is 12.7 Å². The van der Waals surface area contributed by atoms with E-state index in [1.54, 1.807) is 0 Å². The van der Waals surface area contributed by atoms with E-state index in [-0.39, 0.29) is 0 Å². The van der Waals surface area contributed by atoms with E-state index in [1.807, 2.05) is 0 Å². The maximum absolute atomic E-state index is 10.1. The van der Waals surface area contributed by atoms with Gasteiger partial charge in [0.05, 0.1) is 0 Å². The Morgan fingerprint density at radius 3 is 2.44 bits per heavy atom. The second-order valence-electron chi connectivity index (χ2n) is 3.63. The Morgan fingerprint density at radius 2 is 2.33 bits per heavy atom. The summed E-state index contributed by atoms with van der Waals surface area (Å²) in [7, 11) is 0. The van der Waals surface area contributed by atoms with Crippen LogP contribution in [0, 0.1) is 11.3 Å². The summed E-state index contributed by atoms with van der Waals surface area (Å²) < 4.78 is 0. The van der Waals surface area contributed by atoms with Crippen LogP contribution in [-0.2, 0) is 4.79 Å². The Bertz CT molecular complexity index is 116. The lowest BCUT2D eigenvalue weighted by Gasteiger charge is -2.43. The van der Waals surface area contributed by atoms with Crippen molar-refractivity contribution in [3.8, 4) is 0 Å². The zero-order valence-corrected chi connectivity index (χ0v) is 6.18. The van der Waals surface area contributed by atoms with Crippen LogP contribution in [0.5, 0.6) is 0 Å². The molecule has 0 heterocycles. The van der Waals surface area contributed by atoms with Crippen molar-refractivity contribution >= 4 is 6.29 Å². The van der Waals surface area contributed by atoms with E-state index in [0.29, 0.717) is 11.3 Å².